The standard InChI is InChI=1S/C15H21NO6S/c1-15(2)9-13(10-22-15)23(19,20)16-7-8-21-12-5-3-11(4-6-12)14(17)18/h3-6,13,16H,7-10H2,1-2H3,(H,17,18). The molecule has 1 unspecified atom stereocenters. The van der Waals surface area contributed by atoms with Gasteiger partial charge in [0.25, 0.3) is 0 Å². The van der Waals surface area contributed by atoms with Crippen molar-refractivity contribution in [2.24, 2.45) is 0 Å². The Morgan fingerprint density at radius 3 is 2.57 bits per heavy atom. The number of hydrogen-bond acceptors (Lipinski definition) is 5. The molecule has 1 atom stereocenters. The van der Waals surface area contributed by atoms with E-state index in [4.69, 9.17) is 14.6 Å². The fourth-order valence-electron chi connectivity index (χ4n) is 2.35. The van der Waals surface area contributed by atoms with Crippen LogP contribution in [0.5, 0.6) is 5.75 Å². The fourth-order valence-corrected chi connectivity index (χ4v) is 3.82. The van der Waals surface area contributed by atoms with E-state index >= 15 is 0 Å². The number of benzene rings is 1. The van der Waals surface area contributed by atoms with Crippen molar-refractivity contribution in [2.45, 2.75) is 31.1 Å². The second-order valence-electron chi connectivity index (χ2n) is 6.01. The van der Waals surface area contributed by atoms with Crippen molar-refractivity contribution in [1.82, 2.24) is 4.72 Å². The zero-order valence-electron chi connectivity index (χ0n) is 13.1. The molecular formula is C15H21NO6S. The molecule has 1 aromatic carbocycles. The number of sulfonamides is 1. The highest BCUT2D eigenvalue weighted by Crippen LogP contribution is 2.28. The second kappa shape index (κ2) is 6.86. The van der Waals surface area contributed by atoms with Gasteiger partial charge < -0.3 is 14.6 Å². The predicted octanol–water partition coefficient (Wildman–Crippen LogP) is 1.25. The molecule has 0 aliphatic carbocycles. The Balaban J connectivity index is 1.77. The molecule has 2 rings (SSSR count). The lowest BCUT2D eigenvalue weighted by atomic mass is 10.1. The van der Waals surface area contributed by atoms with Crippen molar-refractivity contribution in [2.75, 3.05) is 19.8 Å². The van der Waals surface area contributed by atoms with E-state index in [9.17, 15) is 13.2 Å². The van der Waals surface area contributed by atoms with E-state index in [0.717, 1.165) is 0 Å². The molecule has 8 heteroatoms. The fraction of sp³-hybridized carbons (Fsp3) is 0.533. The summed E-state index contributed by atoms with van der Waals surface area (Å²) in [4.78, 5) is 10.7. The summed E-state index contributed by atoms with van der Waals surface area (Å²) in [5, 5.41) is 8.24. The maximum atomic E-state index is 12.1. The Kier molecular flexibility index (Phi) is 5.28. The Morgan fingerprint density at radius 2 is 2.04 bits per heavy atom. The molecule has 1 heterocycles. The van der Waals surface area contributed by atoms with Gasteiger partial charge in [0.05, 0.1) is 17.8 Å². The third-order valence-corrected chi connectivity index (χ3v) is 5.38. The Bertz CT molecular complexity index is 653. The van der Waals surface area contributed by atoms with E-state index in [0.29, 0.717) is 12.2 Å². The summed E-state index contributed by atoms with van der Waals surface area (Å²) in [5.74, 6) is -0.523. The first-order valence-corrected chi connectivity index (χ1v) is 8.83. The second-order valence-corrected chi connectivity index (χ2v) is 8.06. The number of rotatable bonds is 7. The van der Waals surface area contributed by atoms with E-state index < -0.39 is 26.8 Å². The largest absolute Gasteiger partial charge is 0.492 e. The van der Waals surface area contributed by atoms with Crippen LogP contribution in [0.1, 0.15) is 30.6 Å². The average Bonchev–Trinajstić information content (AvgIpc) is 2.85. The first-order valence-electron chi connectivity index (χ1n) is 7.28. The van der Waals surface area contributed by atoms with E-state index in [1.807, 2.05) is 13.8 Å². The molecule has 7 nitrogen and oxygen atoms in total. The maximum absolute atomic E-state index is 12.1. The van der Waals surface area contributed by atoms with E-state index in [1.165, 1.54) is 24.3 Å². The van der Waals surface area contributed by atoms with Gasteiger partial charge in [0.2, 0.25) is 10.0 Å². The van der Waals surface area contributed by atoms with Gasteiger partial charge in [-0.1, -0.05) is 0 Å². The summed E-state index contributed by atoms with van der Waals surface area (Å²) >= 11 is 0. The minimum atomic E-state index is -3.44. The lowest BCUT2D eigenvalue weighted by molar-refractivity contribution is 0.0367. The van der Waals surface area contributed by atoms with Crippen molar-refractivity contribution >= 4 is 16.0 Å². The van der Waals surface area contributed by atoms with E-state index in [1.54, 1.807) is 0 Å². The van der Waals surface area contributed by atoms with Gasteiger partial charge in [0.15, 0.2) is 0 Å². The predicted molar refractivity (Wildman–Crippen MR) is 84.3 cm³/mol. The van der Waals surface area contributed by atoms with Gasteiger partial charge in [-0.2, -0.15) is 0 Å². The molecular weight excluding hydrogens is 322 g/mol. The number of nitrogens with one attached hydrogen (secondary N) is 1. The van der Waals surface area contributed by atoms with Crippen molar-refractivity contribution in [3.8, 4) is 5.75 Å². The van der Waals surface area contributed by atoms with Crippen LogP contribution in [0.3, 0.4) is 0 Å². The van der Waals surface area contributed by atoms with E-state index in [-0.39, 0.29) is 25.3 Å². The van der Waals surface area contributed by atoms with E-state index in [2.05, 4.69) is 4.72 Å². The maximum Gasteiger partial charge on any atom is 0.335 e. The highest BCUT2D eigenvalue weighted by Gasteiger charge is 2.39. The first kappa shape index (κ1) is 17.7. The van der Waals surface area contributed by atoms with Gasteiger partial charge in [0, 0.05) is 6.54 Å². The lowest BCUT2D eigenvalue weighted by Crippen LogP contribution is -2.37. The number of carboxylic acid groups (broad SMARTS) is 1. The summed E-state index contributed by atoms with van der Waals surface area (Å²) in [6.45, 7) is 4.22. The van der Waals surface area contributed by atoms with Gasteiger partial charge in [0.1, 0.15) is 17.6 Å². The number of carbonyl (C=O) groups is 1. The SMILES string of the molecule is CC1(C)CC(S(=O)(=O)NCCOc2ccc(C(=O)O)cc2)CO1. The average molecular weight is 343 g/mol. The Morgan fingerprint density at radius 1 is 1.39 bits per heavy atom. The first-order chi connectivity index (χ1) is 10.7. The van der Waals surface area contributed by atoms with Crippen LogP contribution < -0.4 is 9.46 Å². The molecule has 0 spiro atoms. The normalized spacial score (nSPS) is 20.3. The third kappa shape index (κ3) is 4.92. The molecule has 0 bridgehead atoms. The summed E-state index contributed by atoms with van der Waals surface area (Å²) in [5.41, 5.74) is -0.246. The van der Waals surface area contributed by atoms with Gasteiger partial charge in [-0.25, -0.2) is 17.9 Å². The topological polar surface area (TPSA) is 102 Å². The third-order valence-electron chi connectivity index (χ3n) is 3.59. The van der Waals surface area contributed by atoms with Gasteiger partial charge in [-0.05, 0) is 44.5 Å². The molecule has 1 fully saturated rings. The summed E-state index contributed by atoms with van der Waals surface area (Å²) in [6, 6.07) is 5.93. The number of carboxylic acids is 1. The van der Waals surface area contributed by atoms with Crippen LogP contribution in [0.25, 0.3) is 0 Å². The Hall–Kier alpha value is -1.64. The number of aromatic carboxylic acids is 1. The van der Waals surface area contributed by atoms with Crippen molar-refractivity contribution in [3.63, 3.8) is 0 Å². The molecule has 0 amide bonds. The number of hydrogen-bond donors (Lipinski definition) is 2. The van der Waals surface area contributed by atoms with Crippen LogP contribution in [0.4, 0.5) is 0 Å². The van der Waals surface area contributed by atoms with Crippen LogP contribution in [0.2, 0.25) is 0 Å². The molecule has 0 saturated carbocycles. The molecule has 0 radical (unpaired) electrons. The zero-order valence-corrected chi connectivity index (χ0v) is 13.9. The molecule has 1 saturated heterocycles. The lowest BCUT2D eigenvalue weighted by Gasteiger charge is -2.16. The Labute approximate surface area is 135 Å². The highest BCUT2D eigenvalue weighted by atomic mass is 32.2. The summed E-state index contributed by atoms with van der Waals surface area (Å²) in [6.07, 6.45) is 0.458. The quantitative estimate of drug-likeness (QED) is 0.723. The molecule has 23 heavy (non-hydrogen) atoms. The summed E-state index contributed by atoms with van der Waals surface area (Å²) < 4.78 is 37.6. The van der Waals surface area contributed by atoms with Crippen molar-refractivity contribution in [3.05, 3.63) is 29.8 Å². The monoisotopic (exact) mass is 343 g/mol. The highest BCUT2D eigenvalue weighted by molar-refractivity contribution is 7.90. The van der Waals surface area contributed by atoms with Crippen LogP contribution in [0.15, 0.2) is 24.3 Å². The van der Waals surface area contributed by atoms with Gasteiger partial charge >= 0.3 is 5.97 Å². The van der Waals surface area contributed by atoms with Crippen LogP contribution in [-0.4, -0.2) is 50.1 Å². The zero-order chi connectivity index (χ0) is 17.1. The smallest absolute Gasteiger partial charge is 0.335 e. The van der Waals surface area contributed by atoms with Crippen LogP contribution >= 0.6 is 0 Å². The van der Waals surface area contributed by atoms with Crippen LogP contribution in [-0.2, 0) is 14.8 Å². The molecule has 1 aliphatic heterocycles. The van der Waals surface area contributed by atoms with Gasteiger partial charge in [-0.3, -0.25) is 0 Å². The minimum absolute atomic E-state index is 0.139. The molecule has 2 N–H and O–H groups in total. The number of ether oxygens (including phenoxy) is 2. The minimum Gasteiger partial charge on any atom is -0.492 e. The molecule has 1 aliphatic rings. The van der Waals surface area contributed by atoms with Crippen LogP contribution in [0, 0.1) is 0 Å². The molecule has 1 aromatic rings. The molecule has 128 valence electrons. The van der Waals surface area contributed by atoms with Gasteiger partial charge in [-0.15, -0.1) is 0 Å². The van der Waals surface area contributed by atoms with Crippen molar-refractivity contribution in [1.29, 1.82) is 0 Å². The summed E-state index contributed by atoms with van der Waals surface area (Å²) in [7, 11) is -3.44. The molecule has 0 aromatic heterocycles. The van der Waals surface area contributed by atoms with Crippen molar-refractivity contribution < 1.29 is 27.8 Å².